The van der Waals surface area contributed by atoms with E-state index in [1.165, 1.54) is 11.8 Å². The van der Waals surface area contributed by atoms with Crippen molar-refractivity contribution in [2.45, 2.75) is 50.0 Å². The average Bonchev–Trinajstić information content (AvgIpc) is 3.34. The molecule has 0 bridgehead atoms. The predicted molar refractivity (Wildman–Crippen MR) is 110 cm³/mol. The van der Waals surface area contributed by atoms with Gasteiger partial charge in [0.25, 0.3) is 5.91 Å². The number of aromatic nitrogens is 3. The second-order valence-corrected chi connectivity index (χ2v) is 8.18. The SMILES string of the molecule is CSc1nnc([C@@H]2CCCN2C(=O)[C@H](C)N2C(=O)[C@@H](C)Oc3ccccc32)n1C. The quantitative estimate of drug-likeness (QED) is 0.714. The Morgan fingerprint density at radius 3 is 2.79 bits per heavy atom. The topological polar surface area (TPSA) is 80.6 Å². The maximum absolute atomic E-state index is 13.5. The van der Waals surface area contributed by atoms with Crippen LogP contribution in [0.4, 0.5) is 5.69 Å². The van der Waals surface area contributed by atoms with Gasteiger partial charge >= 0.3 is 0 Å². The lowest BCUT2D eigenvalue weighted by Crippen LogP contribution is -2.54. The highest BCUT2D eigenvalue weighted by molar-refractivity contribution is 7.98. The largest absolute Gasteiger partial charge is 0.479 e. The van der Waals surface area contributed by atoms with E-state index in [0.29, 0.717) is 18.0 Å². The molecular weight excluding hydrogens is 390 g/mol. The van der Waals surface area contributed by atoms with Gasteiger partial charge in [0.2, 0.25) is 5.91 Å². The van der Waals surface area contributed by atoms with Crippen LogP contribution >= 0.6 is 11.8 Å². The summed E-state index contributed by atoms with van der Waals surface area (Å²) in [6.45, 7) is 4.14. The number of thioether (sulfide) groups is 1. The first-order valence-electron chi connectivity index (χ1n) is 9.76. The zero-order chi connectivity index (χ0) is 20.7. The van der Waals surface area contributed by atoms with Gasteiger partial charge in [-0.15, -0.1) is 10.2 Å². The Morgan fingerprint density at radius 1 is 1.31 bits per heavy atom. The Hall–Kier alpha value is -2.55. The van der Waals surface area contributed by atoms with Crippen LogP contribution in [0.2, 0.25) is 0 Å². The van der Waals surface area contributed by atoms with Crippen molar-refractivity contribution in [3.05, 3.63) is 30.1 Å². The second-order valence-electron chi connectivity index (χ2n) is 7.41. The van der Waals surface area contributed by atoms with E-state index in [-0.39, 0.29) is 17.9 Å². The number of benzene rings is 1. The van der Waals surface area contributed by atoms with Crippen LogP contribution in [-0.2, 0) is 16.6 Å². The summed E-state index contributed by atoms with van der Waals surface area (Å²) in [5, 5.41) is 9.37. The summed E-state index contributed by atoms with van der Waals surface area (Å²) in [6, 6.07) is 6.58. The highest BCUT2D eigenvalue weighted by Crippen LogP contribution is 2.37. The first-order chi connectivity index (χ1) is 13.9. The zero-order valence-electron chi connectivity index (χ0n) is 17.0. The molecule has 0 unspecified atom stereocenters. The maximum atomic E-state index is 13.5. The molecule has 2 aliphatic heterocycles. The van der Waals surface area contributed by atoms with Crippen molar-refractivity contribution < 1.29 is 14.3 Å². The minimum atomic E-state index is -0.635. The zero-order valence-corrected chi connectivity index (χ0v) is 17.8. The van der Waals surface area contributed by atoms with Crippen LogP contribution in [0.3, 0.4) is 0 Å². The van der Waals surface area contributed by atoms with Crippen molar-refractivity contribution in [3.8, 4) is 5.75 Å². The van der Waals surface area contributed by atoms with E-state index in [2.05, 4.69) is 10.2 Å². The third-order valence-electron chi connectivity index (χ3n) is 5.64. The van der Waals surface area contributed by atoms with Gasteiger partial charge in [-0.2, -0.15) is 0 Å². The van der Waals surface area contributed by atoms with Crippen molar-refractivity contribution in [3.63, 3.8) is 0 Å². The van der Waals surface area contributed by atoms with E-state index >= 15 is 0 Å². The molecule has 1 fully saturated rings. The number of para-hydroxylation sites is 2. The number of rotatable bonds is 4. The monoisotopic (exact) mass is 415 g/mol. The van der Waals surface area contributed by atoms with Crippen molar-refractivity contribution >= 4 is 29.3 Å². The summed E-state index contributed by atoms with van der Waals surface area (Å²) >= 11 is 1.53. The first-order valence-corrected chi connectivity index (χ1v) is 11.0. The van der Waals surface area contributed by atoms with Gasteiger partial charge in [0, 0.05) is 13.6 Å². The lowest BCUT2D eigenvalue weighted by molar-refractivity contribution is -0.136. The number of anilines is 1. The van der Waals surface area contributed by atoms with Crippen molar-refractivity contribution in [1.29, 1.82) is 0 Å². The van der Waals surface area contributed by atoms with Crippen LogP contribution in [0, 0.1) is 0 Å². The summed E-state index contributed by atoms with van der Waals surface area (Å²) < 4.78 is 7.66. The molecule has 0 saturated carbocycles. The number of likely N-dealkylation sites (tertiary alicyclic amines) is 1. The molecule has 1 aromatic heterocycles. The third kappa shape index (κ3) is 3.27. The fourth-order valence-corrected chi connectivity index (χ4v) is 4.64. The van der Waals surface area contributed by atoms with Gasteiger partial charge in [-0.05, 0) is 45.1 Å². The van der Waals surface area contributed by atoms with E-state index in [0.717, 1.165) is 23.8 Å². The van der Waals surface area contributed by atoms with Crippen LogP contribution in [0.25, 0.3) is 0 Å². The van der Waals surface area contributed by atoms with Crippen molar-refractivity contribution in [2.24, 2.45) is 7.05 Å². The number of amides is 2. The molecule has 29 heavy (non-hydrogen) atoms. The molecule has 0 radical (unpaired) electrons. The van der Waals surface area contributed by atoms with E-state index < -0.39 is 12.1 Å². The molecule has 0 aliphatic carbocycles. The predicted octanol–water partition coefficient (Wildman–Crippen LogP) is 2.40. The number of ether oxygens (including phenoxy) is 1. The van der Waals surface area contributed by atoms with Crippen molar-refractivity contribution in [1.82, 2.24) is 19.7 Å². The summed E-state index contributed by atoms with van der Waals surface area (Å²) in [7, 11) is 1.93. The summed E-state index contributed by atoms with van der Waals surface area (Å²) in [6.07, 6.45) is 3.06. The van der Waals surface area contributed by atoms with Gasteiger partial charge in [0.05, 0.1) is 11.7 Å². The highest BCUT2D eigenvalue weighted by atomic mass is 32.2. The molecule has 8 nitrogen and oxygen atoms in total. The molecular formula is C20H25N5O3S. The Labute approximate surface area is 174 Å². The summed E-state index contributed by atoms with van der Waals surface area (Å²) in [4.78, 5) is 29.8. The van der Waals surface area contributed by atoms with Gasteiger partial charge in [0.15, 0.2) is 17.1 Å². The van der Waals surface area contributed by atoms with Crippen LogP contribution in [0.5, 0.6) is 5.75 Å². The second kappa shape index (κ2) is 7.70. The number of fused-ring (bicyclic) bond motifs is 1. The third-order valence-corrected chi connectivity index (χ3v) is 6.36. The Kier molecular flexibility index (Phi) is 5.24. The van der Waals surface area contributed by atoms with Gasteiger partial charge in [-0.1, -0.05) is 23.9 Å². The van der Waals surface area contributed by atoms with E-state index in [9.17, 15) is 9.59 Å². The van der Waals surface area contributed by atoms with Crippen LogP contribution in [0.1, 0.15) is 38.6 Å². The fourth-order valence-electron chi connectivity index (χ4n) is 4.15. The normalized spacial score (nSPS) is 22.4. The molecule has 0 N–H and O–H groups in total. The molecule has 3 heterocycles. The lowest BCUT2D eigenvalue weighted by atomic mass is 10.1. The van der Waals surface area contributed by atoms with Crippen molar-refractivity contribution in [2.75, 3.05) is 17.7 Å². The summed E-state index contributed by atoms with van der Waals surface area (Å²) in [5.74, 6) is 1.12. The standard InChI is InChI=1S/C20H25N5O3S/c1-12(25-14-8-5-6-10-16(14)28-13(2)19(25)27)18(26)24-11-7-9-15(24)17-21-22-20(29-4)23(17)3/h5-6,8,10,12-13,15H,7,9,11H2,1-4H3/t12-,13+,15-/m0/s1. The average molecular weight is 416 g/mol. The van der Waals surface area contributed by atoms with Crippen LogP contribution in [-0.4, -0.2) is 56.4 Å². The van der Waals surface area contributed by atoms with E-state index in [1.807, 2.05) is 47.0 Å². The molecule has 2 amide bonds. The lowest BCUT2D eigenvalue weighted by Gasteiger charge is -2.38. The molecule has 9 heteroatoms. The number of nitrogens with zero attached hydrogens (tertiary/aromatic N) is 5. The number of carbonyl (C=O) groups excluding carboxylic acids is 2. The number of hydrogen-bond acceptors (Lipinski definition) is 6. The first kappa shape index (κ1) is 19.8. The van der Waals surface area contributed by atoms with E-state index in [4.69, 9.17) is 4.74 Å². The Morgan fingerprint density at radius 2 is 2.07 bits per heavy atom. The van der Waals surface area contributed by atoms with Crippen LogP contribution < -0.4 is 9.64 Å². The molecule has 4 rings (SSSR count). The highest BCUT2D eigenvalue weighted by Gasteiger charge is 2.42. The minimum Gasteiger partial charge on any atom is -0.479 e. The number of hydrogen-bond donors (Lipinski definition) is 0. The van der Waals surface area contributed by atoms with Gasteiger partial charge < -0.3 is 14.2 Å². The molecule has 2 aromatic rings. The van der Waals surface area contributed by atoms with Gasteiger partial charge in [-0.3, -0.25) is 14.5 Å². The Balaban J connectivity index is 1.63. The van der Waals surface area contributed by atoms with Gasteiger partial charge in [0.1, 0.15) is 11.8 Å². The smallest absolute Gasteiger partial charge is 0.268 e. The molecule has 1 saturated heterocycles. The van der Waals surface area contributed by atoms with E-state index in [1.54, 1.807) is 18.7 Å². The Bertz CT molecular complexity index is 946. The fraction of sp³-hybridized carbons (Fsp3) is 0.500. The molecule has 154 valence electrons. The molecule has 3 atom stereocenters. The van der Waals surface area contributed by atoms with Gasteiger partial charge in [-0.25, -0.2) is 0 Å². The number of carbonyl (C=O) groups is 2. The molecule has 1 aromatic carbocycles. The molecule has 2 aliphatic rings. The minimum absolute atomic E-state index is 0.0848. The van der Waals surface area contributed by atoms with Crippen LogP contribution in [0.15, 0.2) is 29.4 Å². The molecule has 0 spiro atoms. The maximum Gasteiger partial charge on any atom is 0.268 e. The summed E-state index contributed by atoms with van der Waals surface area (Å²) in [5.41, 5.74) is 0.635.